The first-order chi connectivity index (χ1) is 14.5. The van der Waals surface area contributed by atoms with Crippen LogP contribution in [0.5, 0.6) is 11.5 Å². The molecule has 160 valence electrons. The lowest BCUT2D eigenvalue weighted by molar-refractivity contribution is -0.134. The first-order valence-electron chi connectivity index (χ1n) is 9.93. The lowest BCUT2D eigenvalue weighted by atomic mass is 10.1. The van der Waals surface area contributed by atoms with Gasteiger partial charge < -0.3 is 24.0 Å². The van der Waals surface area contributed by atoms with Crippen molar-refractivity contribution in [1.82, 2.24) is 4.90 Å². The molecular formula is C23H28N2O5. The number of amides is 1. The zero-order valence-corrected chi connectivity index (χ0v) is 17.9. The Kier molecular flexibility index (Phi) is 6.82. The molecule has 0 aliphatic carbocycles. The van der Waals surface area contributed by atoms with Crippen LogP contribution in [0.15, 0.2) is 36.4 Å². The van der Waals surface area contributed by atoms with Crippen LogP contribution < -0.4 is 14.4 Å². The Morgan fingerprint density at radius 2 is 1.50 bits per heavy atom. The molecule has 7 heteroatoms. The van der Waals surface area contributed by atoms with Gasteiger partial charge in [-0.1, -0.05) is 18.2 Å². The third kappa shape index (κ3) is 4.50. The summed E-state index contributed by atoms with van der Waals surface area (Å²) in [4.78, 5) is 29.1. The molecule has 1 aliphatic rings. The number of methoxy groups -OCH3 is 2. The van der Waals surface area contributed by atoms with E-state index in [2.05, 4.69) is 36.9 Å². The zero-order chi connectivity index (χ0) is 21.7. The summed E-state index contributed by atoms with van der Waals surface area (Å²) in [6.07, 6.45) is 0. The van der Waals surface area contributed by atoms with Gasteiger partial charge in [-0.05, 0) is 43.2 Å². The molecule has 0 aromatic heterocycles. The van der Waals surface area contributed by atoms with E-state index in [0.717, 1.165) is 13.1 Å². The summed E-state index contributed by atoms with van der Waals surface area (Å²) >= 11 is 0. The third-order valence-corrected chi connectivity index (χ3v) is 5.51. The fourth-order valence-corrected chi connectivity index (χ4v) is 3.62. The monoisotopic (exact) mass is 412 g/mol. The number of ether oxygens (including phenoxy) is 3. The second-order valence-corrected chi connectivity index (χ2v) is 7.20. The molecule has 1 saturated heterocycles. The number of piperazine rings is 1. The summed E-state index contributed by atoms with van der Waals surface area (Å²) in [7, 11) is 2.93. The van der Waals surface area contributed by atoms with E-state index < -0.39 is 5.97 Å². The van der Waals surface area contributed by atoms with E-state index in [1.807, 2.05) is 0 Å². The highest BCUT2D eigenvalue weighted by atomic mass is 16.5. The molecule has 7 nitrogen and oxygen atoms in total. The minimum absolute atomic E-state index is 0.176. The summed E-state index contributed by atoms with van der Waals surface area (Å²) in [5, 5.41) is 0. The molecule has 0 N–H and O–H groups in total. The molecule has 0 radical (unpaired) electrons. The molecule has 0 atom stereocenters. The molecule has 30 heavy (non-hydrogen) atoms. The van der Waals surface area contributed by atoms with Crippen LogP contribution in [0, 0.1) is 13.8 Å². The van der Waals surface area contributed by atoms with Crippen LogP contribution in [-0.2, 0) is 9.53 Å². The average molecular weight is 412 g/mol. The van der Waals surface area contributed by atoms with Gasteiger partial charge in [0.05, 0.1) is 14.2 Å². The van der Waals surface area contributed by atoms with E-state index >= 15 is 0 Å². The van der Waals surface area contributed by atoms with Crippen molar-refractivity contribution in [3.8, 4) is 11.5 Å². The first-order valence-corrected chi connectivity index (χ1v) is 9.93. The second-order valence-electron chi connectivity index (χ2n) is 7.20. The Bertz CT molecular complexity index is 898. The maximum atomic E-state index is 12.6. The maximum Gasteiger partial charge on any atom is 0.346 e. The number of carbonyl (C=O) groups excluding carboxylic acids is 2. The van der Waals surface area contributed by atoms with Gasteiger partial charge in [0.25, 0.3) is 5.91 Å². The van der Waals surface area contributed by atoms with Gasteiger partial charge in [0, 0.05) is 31.9 Å². The smallest absolute Gasteiger partial charge is 0.346 e. The van der Waals surface area contributed by atoms with E-state index in [0.29, 0.717) is 24.6 Å². The Morgan fingerprint density at radius 3 is 2.10 bits per heavy atom. The highest BCUT2D eigenvalue weighted by Crippen LogP contribution is 2.29. The van der Waals surface area contributed by atoms with E-state index in [-0.39, 0.29) is 18.1 Å². The second kappa shape index (κ2) is 9.52. The molecule has 2 aromatic carbocycles. The van der Waals surface area contributed by atoms with Crippen LogP contribution in [0.2, 0.25) is 0 Å². The standard InChI is InChI=1S/C23H28N2O5/c1-16-7-5-8-18(17(16)2)24-11-13-25(14-12-24)21(26)15-30-23(27)22-19(28-3)9-6-10-20(22)29-4/h5-10H,11-15H2,1-4H3. The van der Waals surface area contributed by atoms with E-state index in [1.54, 1.807) is 23.1 Å². The van der Waals surface area contributed by atoms with Crippen molar-refractivity contribution >= 4 is 17.6 Å². The molecule has 3 rings (SSSR count). The molecule has 0 unspecified atom stereocenters. The quantitative estimate of drug-likeness (QED) is 0.680. The van der Waals surface area contributed by atoms with Gasteiger partial charge in [-0.3, -0.25) is 4.79 Å². The van der Waals surface area contributed by atoms with Gasteiger partial charge in [0.2, 0.25) is 0 Å². The van der Waals surface area contributed by atoms with Crippen LogP contribution in [-0.4, -0.2) is 63.8 Å². The van der Waals surface area contributed by atoms with Crippen LogP contribution >= 0.6 is 0 Å². The van der Waals surface area contributed by atoms with Crippen LogP contribution in [0.25, 0.3) is 0 Å². The fourth-order valence-electron chi connectivity index (χ4n) is 3.62. The highest BCUT2D eigenvalue weighted by molar-refractivity contribution is 5.96. The van der Waals surface area contributed by atoms with Crippen LogP contribution in [0.3, 0.4) is 0 Å². The number of aryl methyl sites for hydroxylation is 1. The minimum Gasteiger partial charge on any atom is -0.496 e. The third-order valence-electron chi connectivity index (χ3n) is 5.51. The Labute approximate surface area is 177 Å². The number of rotatable bonds is 6. The molecule has 1 amide bonds. The number of esters is 1. The van der Waals surface area contributed by atoms with Crippen LogP contribution in [0.1, 0.15) is 21.5 Å². The summed E-state index contributed by atoms with van der Waals surface area (Å²) in [6.45, 7) is 6.55. The van der Waals surface area contributed by atoms with Crippen molar-refractivity contribution in [2.75, 3.05) is 51.9 Å². The van der Waals surface area contributed by atoms with Crippen molar-refractivity contribution in [3.63, 3.8) is 0 Å². The number of anilines is 1. The van der Waals surface area contributed by atoms with Crippen LogP contribution in [0.4, 0.5) is 5.69 Å². The molecule has 0 bridgehead atoms. The molecule has 1 aliphatic heterocycles. The lowest BCUT2D eigenvalue weighted by Crippen LogP contribution is -2.50. The maximum absolute atomic E-state index is 12.6. The molecule has 0 spiro atoms. The van der Waals surface area contributed by atoms with Crippen molar-refractivity contribution in [2.24, 2.45) is 0 Å². The Hall–Kier alpha value is -3.22. The number of carbonyl (C=O) groups is 2. The first kappa shape index (κ1) is 21.5. The molecule has 2 aromatic rings. The number of hydrogen-bond acceptors (Lipinski definition) is 6. The molecule has 1 heterocycles. The summed E-state index contributed by atoms with van der Waals surface area (Å²) < 4.78 is 15.7. The van der Waals surface area contributed by atoms with Crippen molar-refractivity contribution in [2.45, 2.75) is 13.8 Å². The molecule has 0 saturated carbocycles. The van der Waals surface area contributed by atoms with Gasteiger partial charge in [0.1, 0.15) is 17.1 Å². The van der Waals surface area contributed by atoms with Crippen molar-refractivity contribution in [3.05, 3.63) is 53.1 Å². The summed E-state index contributed by atoms with van der Waals surface area (Å²) in [5.41, 5.74) is 3.90. The van der Waals surface area contributed by atoms with Gasteiger partial charge in [-0.25, -0.2) is 4.79 Å². The van der Waals surface area contributed by atoms with Gasteiger partial charge in [-0.2, -0.15) is 0 Å². The summed E-state index contributed by atoms with van der Waals surface area (Å²) in [6, 6.07) is 11.3. The Balaban J connectivity index is 1.57. The fraction of sp³-hybridized carbons (Fsp3) is 0.391. The zero-order valence-electron chi connectivity index (χ0n) is 17.9. The SMILES string of the molecule is COc1cccc(OC)c1C(=O)OCC(=O)N1CCN(c2cccc(C)c2C)CC1. The summed E-state index contributed by atoms with van der Waals surface area (Å²) in [5.74, 6) is -0.174. The van der Waals surface area contributed by atoms with Gasteiger partial charge in [0.15, 0.2) is 6.61 Å². The van der Waals surface area contributed by atoms with Gasteiger partial charge >= 0.3 is 5.97 Å². The van der Waals surface area contributed by atoms with Crippen molar-refractivity contribution < 1.29 is 23.8 Å². The van der Waals surface area contributed by atoms with E-state index in [9.17, 15) is 9.59 Å². The number of hydrogen-bond donors (Lipinski definition) is 0. The Morgan fingerprint density at radius 1 is 0.900 bits per heavy atom. The lowest BCUT2D eigenvalue weighted by Gasteiger charge is -2.37. The van der Waals surface area contributed by atoms with Crippen molar-refractivity contribution in [1.29, 1.82) is 0 Å². The highest BCUT2D eigenvalue weighted by Gasteiger charge is 2.25. The predicted octanol–water partition coefficient (Wildman–Crippen LogP) is 2.83. The molecular weight excluding hydrogens is 384 g/mol. The molecule has 1 fully saturated rings. The largest absolute Gasteiger partial charge is 0.496 e. The van der Waals surface area contributed by atoms with E-state index in [1.165, 1.54) is 31.0 Å². The number of nitrogens with zero attached hydrogens (tertiary/aromatic N) is 2. The number of benzene rings is 2. The average Bonchev–Trinajstić information content (AvgIpc) is 2.78. The van der Waals surface area contributed by atoms with Gasteiger partial charge in [-0.15, -0.1) is 0 Å². The normalized spacial score (nSPS) is 13.7. The topological polar surface area (TPSA) is 68.3 Å². The minimum atomic E-state index is -0.647. The van der Waals surface area contributed by atoms with E-state index in [4.69, 9.17) is 14.2 Å². The predicted molar refractivity (Wildman–Crippen MR) is 115 cm³/mol.